The second kappa shape index (κ2) is 6.19. The van der Waals surface area contributed by atoms with Gasteiger partial charge in [0, 0.05) is 0 Å². The molecule has 0 radical (unpaired) electrons. The van der Waals surface area contributed by atoms with Gasteiger partial charge < -0.3 is 0 Å². The van der Waals surface area contributed by atoms with Crippen LogP contribution < -0.4 is 0 Å². The van der Waals surface area contributed by atoms with Crippen LogP contribution in [-0.4, -0.2) is 21.3 Å². The summed E-state index contributed by atoms with van der Waals surface area (Å²) in [6.45, 7) is 5.05. The van der Waals surface area contributed by atoms with Crippen LogP contribution in [0.15, 0.2) is 0 Å². The Labute approximate surface area is 106 Å². The zero-order chi connectivity index (χ0) is 12.9. The maximum Gasteiger partial charge on any atom is 0.264 e. The third-order valence-electron chi connectivity index (χ3n) is 3.62. The van der Waals surface area contributed by atoms with Crippen LogP contribution in [0.1, 0.15) is 58.8 Å². The SMILES string of the molecule is CC1(C)CCC(CCCCCOS(C)(=O)=O)C1. The van der Waals surface area contributed by atoms with E-state index in [1.807, 2.05) is 0 Å². The standard InChI is InChI=1S/C13H26O3S/c1-13(2)9-8-12(11-13)7-5-4-6-10-16-17(3,14)15/h12H,4-11H2,1-3H3. The highest BCUT2D eigenvalue weighted by Gasteiger charge is 2.30. The molecule has 17 heavy (non-hydrogen) atoms. The Morgan fingerprint density at radius 1 is 1.24 bits per heavy atom. The van der Waals surface area contributed by atoms with E-state index in [1.165, 1.54) is 32.1 Å². The Balaban J connectivity index is 1.99. The summed E-state index contributed by atoms with van der Waals surface area (Å²) in [6.07, 6.45) is 9.61. The Hall–Kier alpha value is -0.0900. The van der Waals surface area contributed by atoms with Crippen LogP contribution in [0.2, 0.25) is 0 Å². The van der Waals surface area contributed by atoms with Crippen LogP contribution in [0.3, 0.4) is 0 Å². The zero-order valence-corrected chi connectivity index (χ0v) is 12.2. The van der Waals surface area contributed by atoms with Gasteiger partial charge in [-0.2, -0.15) is 8.42 Å². The van der Waals surface area contributed by atoms with Crippen molar-refractivity contribution >= 4 is 10.1 Å². The monoisotopic (exact) mass is 262 g/mol. The summed E-state index contributed by atoms with van der Waals surface area (Å²) < 4.78 is 26.2. The van der Waals surface area contributed by atoms with Crippen LogP contribution in [-0.2, 0) is 14.3 Å². The highest BCUT2D eigenvalue weighted by molar-refractivity contribution is 7.85. The minimum absolute atomic E-state index is 0.342. The summed E-state index contributed by atoms with van der Waals surface area (Å²) in [4.78, 5) is 0. The molecule has 3 nitrogen and oxygen atoms in total. The second-order valence-electron chi connectivity index (χ2n) is 6.15. The van der Waals surface area contributed by atoms with Gasteiger partial charge in [0.1, 0.15) is 0 Å². The van der Waals surface area contributed by atoms with Crippen LogP contribution in [0.5, 0.6) is 0 Å². The van der Waals surface area contributed by atoms with E-state index in [1.54, 1.807) is 0 Å². The summed E-state index contributed by atoms with van der Waals surface area (Å²) >= 11 is 0. The third-order valence-corrected chi connectivity index (χ3v) is 4.22. The van der Waals surface area contributed by atoms with Gasteiger partial charge >= 0.3 is 0 Å². The second-order valence-corrected chi connectivity index (χ2v) is 7.79. The fraction of sp³-hybridized carbons (Fsp3) is 1.00. The summed E-state index contributed by atoms with van der Waals surface area (Å²) in [7, 11) is -3.24. The molecule has 1 fully saturated rings. The molecular weight excluding hydrogens is 236 g/mol. The predicted octanol–water partition coefficient (Wildman–Crippen LogP) is 3.35. The van der Waals surface area contributed by atoms with Crippen molar-refractivity contribution in [3.63, 3.8) is 0 Å². The van der Waals surface area contributed by atoms with E-state index in [4.69, 9.17) is 4.18 Å². The molecule has 0 heterocycles. The third kappa shape index (κ3) is 7.04. The Kier molecular flexibility index (Phi) is 5.45. The summed E-state index contributed by atoms with van der Waals surface area (Å²) in [6, 6.07) is 0. The molecule has 1 saturated carbocycles. The molecule has 0 aromatic carbocycles. The lowest BCUT2D eigenvalue weighted by atomic mass is 9.89. The lowest BCUT2D eigenvalue weighted by Gasteiger charge is -2.16. The summed E-state index contributed by atoms with van der Waals surface area (Å²) in [5.74, 6) is 0.890. The topological polar surface area (TPSA) is 43.4 Å². The Bertz CT molecular complexity index is 320. The first kappa shape index (κ1) is 15.0. The molecule has 4 heteroatoms. The maximum atomic E-state index is 10.7. The van der Waals surface area contributed by atoms with Crippen molar-refractivity contribution < 1.29 is 12.6 Å². The van der Waals surface area contributed by atoms with E-state index in [2.05, 4.69) is 13.8 Å². The molecule has 0 amide bonds. The average molecular weight is 262 g/mol. The van der Waals surface area contributed by atoms with E-state index in [9.17, 15) is 8.42 Å². The molecule has 0 saturated heterocycles. The van der Waals surface area contributed by atoms with E-state index in [0.717, 1.165) is 25.0 Å². The van der Waals surface area contributed by atoms with Crippen molar-refractivity contribution in [3.8, 4) is 0 Å². The van der Waals surface area contributed by atoms with Crippen LogP contribution in [0.4, 0.5) is 0 Å². The molecule has 1 unspecified atom stereocenters. The van der Waals surface area contributed by atoms with Crippen molar-refractivity contribution in [2.75, 3.05) is 12.9 Å². The lowest BCUT2D eigenvalue weighted by molar-refractivity contribution is 0.304. The predicted molar refractivity (Wildman–Crippen MR) is 70.4 cm³/mol. The lowest BCUT2D eigenvalue weighted by Crippen LogP contribution is -2.05. The minimum Gasteiger partial charge on any atom is -0.270 e. The number of hydrogen-bond donors (Lipinski definition) is 0. The smallest absolute Gasteiger partial charge is 0.264 e. The van der Waals surface area contributed by atoms with Crippen LogP contribution in [0, 0.1) is 11.3 Å². The first-order valence-electron chi connectivity index (χ1n) is 6.63. The minimum atomic E-state index is -3.24. The van der Waals surface area contributed by atoms with E-state index >= 15 is 0 Å². The van der Waals surface area contributed by atoms with Crippen molar-refractivity contribution in [1.29, 1.82) is 0 Å². The largest absolute Gasteiger partial charge is 0.270 e. The Morgan fingerprint density at radius 3 is 2.47 bits per heavy atom. The van der Waals surface area contributed by atoms with Crippen LogP contribution >= 0.6 is 0 Å². The van der Waals surface area contributed by atoms with Crippen molar-refractivity contribution in [3.05, 3.63) is 0 Å². The van der Waals surface area contributed by atoms with Crippen LogP contribution in [0.25, 0.3) is 0 Å². The van der Waals surface area contributed by atoms with Crippen molar-refractivity contribution in [1.82, 2.24) is 0 Å². The van der Waals surface area contributed by atoms with Gasteiger partial charge in [-0.1, -0.05) is 33.1 Å². The van der Waals surface area contributed by atoms with Gasteiger partial charge in [0.05, 0.1) is 12.9 Å². The molecule has 0 aromatic heterocycles. The van der Waals surface area contributed by atoms with E-state index in [0.29, 0.717) is 12.0 Å². The molecule has 102 valence electrons. The molecule has 0 N–H and O–H groups in total. The molecule has 1 rings (SSSR count). The number of unbranched alkanes of at least 4 members (excludes halogenated alkanes) is 2. The quantitative estimate of drug-likeness (QED) is 0.522. The Morgan fingerprint density at radius 2 is 1.94 bits per heavy atom. The fourth-order valence-corrected chi connectivity index (χ4v) is 3.17. The molecular formula is C13H26O3S. The highest BCUT2D eigenvalue weighted by Crippen LogP contribution is 2.42. The number of hydrogen-bond acceptors (Lipinski definition) is 3. The summed E-state index contributed by atoms with van der Waals surface area (Å²) in [5, 5.41) is 0. The van der Waals surface area contributed by atoms with Crippen molar-refractivity contribution in [2.45, 2.75) is 58.8 Å². The van der Waals surface area contributed by atoms with Gasteiger partial charge in [0.15, 0.2) is 0 Å². The molecule has 0 bridgehead atoms. The molecule has 1 atom stereocenters. The van der Waals surface area contributed by atoms with Crippen molar-refractivity contribution in [2.24, 2.45) is 11.3 Å². The zero-order valence-electron chi connectivity index (χ0n) is 11.4. The maximum absolute atomic E-state index is 10.7. The van der Waals surface area contributed by atoms with Gasteiger partial charge in [-0.05, 0) is 37.0 Å². The van der Waals surface area contributed by atoms with Gasteiger partial charge in [-0.3, -0.25) is 4.18 Å². The van der Waals surface area contributed by atoms with E-state index in [-0.39, 0.29) is 0 Å². The van der Waals surface area contributed by atoms with Gasteiger partial charge in [-0.15, -0.1) is 0 Å². The van der Waals surface area contributed by atoms with Gasteiger partial charge in [-0.25, -0.2) is 0 Å². The van der Waals surface area contributed by atoms with E-state index < -0.39 is 10.1 Å². The molecule has 1 aliphatic carbocycles. The normalized spacial score (nSPS) is 24.1. The molecule has 0 aromatic rings. The molecule has 0 spiro atoms. The van der Waals surface area contributed by atoms with Gasteiger partial charge in [0.2, 0.25) is 0 Å². The summed E-state index contributed by atoms with van der Waals surface area (Å²) in [5.41, 5.74) is 0.546. The first-order valence-corrected chi connectivity index (χ1v) is 8.45. The van der Waals surface area contributed by atoms with Gasteiger partial charge in [0.25, 0.3) is 10.1 Å². The number of rotatable bonds is 7. The highest BCUT2D eigenvalue weighted by atomic mass is 32.2. The molecule has 0 aliphatic heterocycles. The average Bonchev–Trinajstić information content (AvgIpc) is 2.50. The fourth-order valence-electron chi connectivity index (χ4n) is 2.75. The molecule has 1 aliphatic rings. The first-order chi connectivity index (χ1) is 7.79.